The number of hydrogen-bond acceptors (Lipinski definition) is 2. The summed E-state index contributed by atoms with van der Waals surface area (Å²) in [6.07, 6.45) is 0. The Morgan fingerprint density at radius 1 is 1.23 bits per heavy atom. The average Bonchev–Trinajstić information content (AvgIpc) is 1.94. The summed E-state index contributed by atoms with van der Waals surface area (Å²) in [5.41, 5.74) is 0.931. The van der Waals surface area contributed by atoms with Crippen LogP contribution in [-0.4, -0.2) is 9.97 Å². The van der Waals surface area contributed by atoms with Crippen LogP contribution >= 0.6 is 27.5 Å². The zero-order valence-corrected chi connectivity index (χ0v) is 10.5. The third-order valence-corrected chi connectivity index (χ3v) is 2.89. The maximum atomic E-state index is 5.93. The van der Waals surface area contributed by atoms with Crippen LogP contribution in [0.5, 0.6) is 0 Å². The highest BCUT2D eigenvalue weighted by atomic mass is 79.9. The Hall–Kier alpha value is -0.150. The molecule has 1 aromatic heterocycles. The van der Waals surface area contributed by atoms with Crippen molar-refractivity contribution in [1.82, 2.24) is 9.97 Å². The first-order chi connectivity index (χ1) is 5.82. The lowest BCUT2D eigenvalue weighted by molar-refractivity contribution is 0.560. The minimum atomic E-state index is -0.0177. The molecule has 0 aliphatic rings. The van der Waals surface area contributed by atoms with Crippen LogP contribution in [0.4, 0.5) is 0 Å². The molecule has 0 unspecified atom stereocenters. The zero-order valence-electron chi connectivity index (χ0n) is 8.15. The molecule has 13 heavy (non-hydrogen) atoms. The number of nitrogens with zero attached hydrogens (tertiary/aromatic N) is 2. The first-order valence-corrected chi connectivity index (χ1v) is 5.19. The van der Waals surface area contributed by atoms with Crippen molar-refractivity contribution in [3.63, 3.8) is 0 Å². The Labute approximate surface area is 91.9 Å². The summed E-state index contributed by atoms with van der Waals surface area (Å²) < 4.78 is 0.798. The van der Waals surface area contributed by atoms with E-state index < -0.39 is 0 Å². The molecule has 0 bridgehead atoms. The molecule has 2 nitrogen and oxygen atoms in total. The van der Waals surface area contributed by atoms with E-state index in [0.29, 0.717) is 11.0 Å². The molecule has 0 saturated heterocycles. The lowest BCUT2D eigenvalue weighted by Crippen LogP contribution is -2.16. The van der Waals surface area contributed by atoms with Crippen molar-refractivity contribution >= 4 is 27.5 Å². The van der Waals surface area contributed by atoms with Crippen LogP contribution in [0.2, 0.25) is 5.15 Å². The van der Waals surface area contributed by atoms with Crippen LogP contribution in [0.25, 0.3) is 0 Å². The van der Waals surface area contributed by atoms with Gasteiger partial charge >= 0.3 is 0 Å². The van der Waals surface area contributed by atoms with Gasteiger partial charge in [-0.1, -0.05) is 32.4 Å². The Morgan fingerprint density at radius 2 is 1.77 bits per heavy atom. The van der Waals surface area contributed by atoms with Gasteiger partial charge in [-0.2, -0.15) is 0 Å². The quantitative estimate of drug-likeness (QED) is 0.670. The van der Waals surface area contributed by atoms with Crippen LogP contribution in [-0.2, 0) is 5.41 Å². The highest BCUT2D eigenvalue weighted by molar-refractivity contribution is 9.10. The second-order valence-corrected chi connectivity index (χ2v) is 5.13. The predicted octanol–water partition coefficient (Wildman–Crippen LogP) is 3.50. The van der Waals surface area contributed by atoms with Gasteiger partial charge in [0.2, 0.25) is 0 Å². The smallest absolute Gasteiger partial charge is 0.147 e. The first kappa shape index (κ1) is 10.9. The van der Waals surface area contributed by atoms with Gasteiger partial charge in [-0.15, -0.1) is 0 Å². The summed E-state index contributed by atoms with van der Waals surface area (Å²) in [5, 5.41) is 0.484. The van der Waals surface area contributed by atoms with Gasteiger partial charge in [0.25, 0.3) is 0 Å². The third-order valence-electron chi connectivity index (χ3n) is 1.63. The predicted molar refractivity (Wildman–Crippen MR) is 58.2 cm³/mol. The van der Waals surface area contributed by atoms with E-state index in [9.17, 15) is 0 Å². The van der Waals surface area contributed by atoms with E-state index in [1.54, 1.807) is 0 Å². The van der Waals surface area contributed by atoms with E-state index in [0.717, 1.165) is 10.2 Å². The van der Waals surface area contributed by atoms with E-state index >= 15 is 0 Å². The zero-order chi connectivity index (χ0) is 10.2. The summed E-state index contributed by atoms with van der Waals surface area (Å²) in [6, 6.07) is 0. The topological polar surface area (TPSA) is 25.8 Å². The number of aromatic nitrogens is 2. The second kappa shape index (κ2) is 3.54. The van der Waals surface area contributed by atoms with Gasteiger partial charge in [0, 0.05) is 5.41 Å². The lowest BCUT2D eigenvalue weighted by atomic mass is 9.92. The van der Waals surface area contributed by atoms with Gasteiger partial charge in [-0.25, -0.2) is 9.97 Å². The van der Waals surface area contributed by atoms with Crippen molar-refractivity contribution in [3.8, 4) is 0 Å². The molecule has 4 heteroatoms. The van der Waals surface area contributed by atoms with Crippen molar-refractivity contribution in [1.29, 1.82) is 0 Å². The molecule has 0 amide bonds. The van der Waals surface area contributed by atoms with Gasteiger partial charge < -0.3 is 0 Å². The fraction of sp³-hybridized carbons (Fsp3) is 0.556. The van der Waals surface area contributed by atoms with Crippen LogP contribution in [0.3, 0.4) is 0 Å². The molecule has 0 fully saturated rings. The molecular weight excluding hydrogens is 251 g/mol. The highest BCUT2D eigenvalue weighted by Gasteiger charge is 2.21. The molecule has 72 valence electrons. The van der Waals surface area contributed by atoms with Crippen molar-refractivity contribution in [3.05, 3.63) is 21.1 Å². The van der Waals surface area contributed by atoms with Crippen molar-refractivity contribution in [2.24, 2.45) is 0 Å². The van der Waals surface area contributed by atoms with Crippen LogP contribution in [0.1, 0.15) is 32.3 Å². The van der Waals surface area contributed by atoms with E-state index in [-0.39, 0.29) is 5.41 Å². The van der Waals surface area contributed by atoms with Crippen LogP contribution in [0, 0.1) is 6.92 Å². The van der Waals surface area contributed by atoms with Gasteiger partial charge in [0.05, 0.1) is 10.2 Å². The molecule has 0 aliphatic carbocycles. The van der Waals surface area contributed by atoms with Gasteiger partial charge in [0.1, 0.15) is 11.0 Å². The first-order valence-electron chi connectivity index (χ1n) is 4.02. The fourth-order valence-electron chi connectivity index (χ4n) is 1.02. The Kier molecular flexibility index (Phi) is 2.98. The molecule has 0 N–H and O–H groups in total. The van der Waals surface area contributed by atoms with Crippen LogP contribution < -0.4 is 0 Å². The summed E-state index contributed by atoms with van der Waals surface area (Å²) in [5.74, 6) is 0.707. The maximum Gasteiger partial charge on any atom is 0.147 e. The third kappa shape index (κ3) is 2.41. The summed E-state index contributed by atoms with van der Waals surface area (Å²) >= 11 is 9.32. The average molecular weight is 264 g/mol. The van der Waals surface area contributed by atoms with Crippen molar-refractivity contribution in [2.45, 2.75) is 33.1 Å². The largest absolute Gasteiger partial charge is 0.236 e. The van der Waals surface area contributed by atoms with Gasteiger partial charge in [0.15, 0.2) is 0 Å². The molecule has 1 aromatic rings. The van der Waals surface area contributed by atoms with Crippen molar-refractivity contribution in [2.75, 3.05) is 0 Å². The van der Waals surface area contributed by atoms with Crippen molar-refractivity contribution < 1.29 is 0 Å². The number of hydrogen-bond donors (Lipinski definition) is 0. The Morgan fingerprint density at radius 3 is 2.23 bits per heavy atom. The molecule has 1 heterocycles. The van der Waals surface area contributed by atoms with E-state index in [2.05, 4.69) is 46.7 Å². The molecule has 0 radical (unpaired) electrons. The minimum Gasteiger partial charge on any atom is -0.236 e. The fourth-order valence-corrected chi connectivity index (χ4v) is 2.01. The molecule has 0 aliphatic heterocycles. The molecule has 0 aromatic carbocycles. The molecule has 0 spiro atoms. The second-order valence-electron chi connectivity index (χ2n) is 3.97. The number of halogens is 2. The summed E-state index contributed by atoms with van der Waals surface area (Å²) in [6.45, 7) is 8.12. The lowest BCUT2D eigenvalue weighted by Gasteiger charge is -2.19. The maximum absolute atomic E-state index is 5.93. The number of aryl methyl sites for hydroxylation is 1. The summed E-state index contributed by atoms with van der Waals surface area (Å²) in [7, 11) is 0. The molecular formula is C9H12BrClN2. The summed E-state index contributed by atoms with van der Waals surface area (Å²) in [4.78, 5) is 8.42. The Bertz CT molecular complexity index is 331. The normalized spacial score (nSPS) is 11.8. The SMILES string of the molecule is Cc1nc(Cl)c(Br)c(C(C)(C)C)n1. The van der Waals surface area contributed by atoms with E-state index in [4.69, 9.17) is 11.6 Å². The molecule has 0 saturated carbocycles. The van der Waals surface area contributed by atoms with Gasteiger partial charge in [-0.3, -0.25) is 0 Å². The van der Waals surface area contributed by atoms with Crippen LogP contribution in [0.15, 0.2) is 4.47 Å². The Balaban J connectivity index is 3.37. The monoisotopic (exact) mass is 262 g/mol. The van der Waals surface area contributed by atoms with Gasteiger partial charge in [-0.05, 0) is 22.9 Å². The standard InChI is InChI=1S/C9H12BrClN2/c1-5-12-7(9(2,3)4)6(10)8(11)13-5/h1-4H3. The molecule has 1 rings (SSSR count). The van der Waals surface area contributed by atoms with E-state index in [1.807, 2.05) is 6.92 Å². The highest BCUT2D eigenvalue weighted by Crippen LogP contribution is 2.31. The molecule has 0 atom stereocenters. The van der Waals surface area contributed by atoms with E-state index in [1.165, 1.54) is 0 Å². The minimum absolute atomic E-state index is 0.0177. The number of rotatable bonds is 0.